The van der Waals surface area contributed by atoms with Gasteiger partial charge in [-0.25, -0.2) is 0 Å². The summed E-state index contributed by atoms with van der Waals surface area (Å²) in [5.41, 5.74) is 0.516. The van der Waals surface area contributed by atoms with Crippen LogP contribution in [0.15, 0.2) is 35.7 Å². The van der Waals surface area contributed by atoms with Crippen LogP contribution in [-0.2, 0) is 4.79 Å². The van der Waals surface area contributed by atoms with Gasteiger partial charge in [0.2, 0.25) is 5.91 Å². The molecule has 8 nitrogen and oxygen atoms in total. The molecule has 9 heteroatoms. The molecule has 2 aromatic rings. The molecule has 166 valence electrons. The summed E-state index contributed by atoms with van der Waals surface area (Å²) < 4.78 is 0. The van der Waals surface area contributed by atoms with Gasteiger partial charge in [-0.3, -0.25) is 24.6 Å². The average Bonchev–Trinajstić information content (AvgIpc) is 3.28. The molecule has 31 heavy (non-hydrogen) atoms. The minimum absolute atomic E-state index is 0.117. The lowest BCUT2D eigenvalue weighted by Crippen LogP contribution is -2.44. The second kappa shape index (κ2) is 10.5. The Hall–Kier alpha value is -2.78. The molecule has 0 spiro atoms. The topological polar surface area (TPSA) is 105 Å². The van der Waals surface area contributed by atoms with Crippen LogP contribution in [0.5, 0.6) is 0 Å². The summed E-state index contributed by atoms with van der Waals surface area (Å²) in [6.45, 7) is 6.17. The van der Waals surface area contributed by atoms with Gasteiger partial charge in [0.1, 0.15) is 0 Å². The highest BCUT2D eigenvalue weighted by atomic mass is 32.1. The Kier molecular flexibility index (Phi) is 7.75. The predicted octanol–water partition coefficient (Wildman–Crippen LogP) is 3.28. The quantitative estimate of drug-likeness (QED) is 0.480. The van der Waals surface area contributed by atoms with Crippen molar-refractivity contribution in [1.29, 1.82) is 0 Å². The van der Waals surface area contributed by atoms with Gasteiger partial charge in [-0.05, 0) is 56.3 Å². The molecule has 1 aliphatic rings. The van der Waals surface area contributed by atoms with Crippen molar-refractivity contribution in [3.63, 3.8) is 0 Å². The zero-order valence-corrected chi connectivity index (χ0v) is 18.6. The van der Waals surface area contributed by atoms with Crippen LogP contribution >= 0.6 is 11.3 Å². The highest BCUT2D eigenvalue weighted by Gasteiger charge is 2.25. The van der Waals surface area contributed by atoms with Crippen molar-refractivity contribution in [2.75, 3.05) is 26.2 Å². The number of nitrogens with one attached hydrogen (secondary N) is 2. The van der Waals surface area contributed by atoms with E-state index in [1.165, 1.54) is 23.1 Å². The Morgan fingerprint density at radius 1 is 1.26 bits per heavy atom. The van der Waals surface area contributed by atoms with Crippen molar-refractivity contribution < 1.29 is 14.5 Å². The first-order chi connectivity index (χ1) is 14.8. The highest BCUT2D eigenvalue weighted by Crippen LogP contribution is 2.29. The normalized spacial score (nSPS) is 15.9. The number of aryl methyl sites for hydroxylation is 1. The van der Waals surface area contributed by atoms with Gasteiger partial charge in [-0.1, -0.05) is 19.1 Å². The number of carbonyl (C=O) groups excluding carboxylic acids is 2. The molecule has 2 heterocycles. The third-order valence-electron chi connectivity index (χ3n) is 5.70. The number of carbonyl (C=O) groups is 2. The molecule has 1 unspecified atom stereocenters. The van der Waals surface area contributed by atoms with Gasteiger partial charge in [0, 0.05) is 28.6 Å². The maximum Gasteiger partial charge on any atom is 0.273 e. The van der Waals surface area contributed by atoms with E-state index >= 15 is 0 Å². The number of hydrogen-bond acceptors (Lipinski definition) is 6. The van der Waals surface area contributed by atoms with Crippen LogP contribution in [-0.4, -0.2) is 47.8 Å². The first-order valence-electron chi connectivity index (χ1n) is 10.4. The smallest absolute Gasteiger partial charge is 0.273 e. The summed E-state index contributed by atoms with van der Waals surface area (Å²) in [5, 5.41) is 18.6. The summed E-state index contributed by atoms with van der Waals surface area (Å²) >= 11 is 1.68. The monoisotopic (exact) mass is 444 g/mol. The van der Waals surface area contributed by atoms with E-state index in [4.69, 9.17) is 0 Å². The van der Waals surface area contributed by atoms with Crippen LogP contribution in [0.3, 0.4) is 0 Å². The van der Waals surface area contributed by atoms with E-state index in [9.17, 15) is 19.7 Å². The van der Waals surface area contributed by atoms with Crippen LogP contribution in [0, 0.1) is 23.0 Å². The minimum atomic E-state index is -0.523. The number of nitro benzene ring substituents is 1. The third kappa shape index (κ3) is 6.11. The molecule has 1 saturated heterocycles. The van der Waals surface area contributed by atoms with E-state index in [2.05, 4.69) is 28.5 Å². The number of hydrogen-bond donors (Lipinski definition) is 2. The number of thiophene rings is 1. The van der Waals surface area contributed by atoms with Crippen LogP contribution < -0.4 is 10.6 Å². The number of rotatable bonds is 8. The molecule has 3 rings (SSSR count). The van der Waals surface area contributed by atoms with Gasteiger partial charge in [-0.2, -0.15) is 0 Å². The fraction of sp³-hybridized carbons (Fsp3) is 0.455. The van der Waals surface area contributed by atoms with Crippen LogP contribution in [0.1, 0.15) is 46.6 Å². The number of amides is 2. The second-order valence-corrected chi connectivity index (χ2v) is 8.97. The Morgan fingerprint density at radius 3 is 2.65 bits per heavy atom. The van der Waals surface area contributed by atoms with Crippen molar-refractivity contribution in [3.8, 4) is 0 Å². The number of piperidine rings is 1. The van der Waals surface area contributed by atoms with Crippen LogP contribution in [0.25, 0.3) is 0 Å². The number of nitrogens with zero attached hydrogens (tertiary/aromatic N) is 2. The molecule has 0 aliphatic carbocycles. The average molecular weight is 445 g/mol. The van der Waals surface area contributed by atoms with Gasteiger partial charge in [0.05, 0.1) is 17.5 Å². The largest absolute Gasteiger partial charge is 0.353 e. The second-order valence-electron chi connectivity index (χ2n) is 7.99. The lowest BCUT2D eigenvalue weighted by Gasteiger charge is -2.36. The Bertz CT molecular complexity index is 924. The zero-order chi connectivity index (χ0) is 22.4. The number of likely N-dealkylation sites (tertiary alicyclic amines) is 1. The molecular weight excluding hydrogens is 416 g/mol. The predicted molar refractivity (Wildman–Crippen MR) is 120 cm³/mol. The highest BCUT2D eigenvalue weighted by molar-refractivity contribution is 7.10. The van der Waals surface area contributed by atoms with E-state index in [1.54, 1.807) is 18.3 Å². The van der Waals surface area contributed by atoms with Crippen molar-refractivity contribution in [2.45, 2.75) is 32.7 Å². The molecule has 2 N–H and O–H groups in total. The van der Waals surface area contributed by atoms with Crippen LogP contribution in [0.2, 0.25) is 0 Å². The van der Waals surface area contributed by atoms with Gasteiger partial charge < -0.3 is 10.6 Å². The Balaban J connectivity index is 1.54. The lowest BCUT2D eigenvalue weighted by molar-refractivity contribution is -0.385. The molecule has 1 aromatic heterocycles. The van der Waals surface area contributed by atoms with E-state index in [1.807, 2.05) is 11.4 Å². The summed E-state index contributed by atoms with van der Waals surface area (Å²) in [6, 6.07) is 8.49. The molecule has 1 aromatic carbocycles. The standard InChI is InChI=1S/C22H28N4O4S/c1-15-7-9-25(10-8-15)19(20-4-3-11-31-20)13-23-21(27)14-24-22(28)17-6-5-16(2)18(12-17)26(29)30/h3-6,11-12,15,19H,7-10,13-14H2,1-2H3,(H,23,27)(H,24,28). The maximum atomic E-state index is 12.4. The van der Waals surface area contributed by atoms with Crippen LogP contribution in [0.4, 0.5) is 5.69 Å². The van der Waals surface area contributed by atoms with Crippen molar-refractivity contribution in [1.82, 2.24) is 15.5 Å². The SMILES string of the molecule is Cc1ccc(C(=O)NCC(=O)NCC(c2cccs2)N2CCC(C)CC2)cc1[N+](=O)[O-]. The molecular formula is C22H28N4O4S. The van der Waals surface area contributed by atoms with Crippen molar-refractivity contribution in [3.05, 3.63) is 61.8 Å². The molecule has 1 fully saturated rings. The van der Waals surface area contributed by atoms with E-state index < -0.39 is 10.8 Å². The van der Waals surface area contributed by atoms with Gasteiger partial charge in [0.25, 0.3) is 11.6 Å². The van der Waals surface area contributed by atoms with Crippen molar-refractivity contribution >= 4 is 28.8 Å². The summed E-state index contributed by atoms with van der Waals surface area (Å²) in [4.78, 5) is 38.9. The summed E-state index contributed by atoms with van der Waals surface area (Å²) in [7, 11) is 0. The van der Waals surface area contributed by atoms with Gasteiger partial charge in [0.15, 0.2) is 0 Å². The van der Waals surface area contributed by atoms with Crippen molar-refractivity contribution in [2.24, 2.45) is 5.92 Å². The molecule has 1 atom stereocenters. The fourth-order valence-electron chi connectivity index (χ4n) is 3.71. The maximum absolute atomic E-state index is 12.4. The zero-order valence-electron chi connectivity index (χ0n) is 17.8. The first-order valence-corrected chi connectivity index (χ1v) is 11.3. The Morgan fingerprint density at radius 2 is 2.00 bits per heavy atom. The first kappa shape index (κ1) is 22.9. The molecule has 1 aliphatic heterocycles. The third-order valence-corrected chi connectivity index (χ3v) is 6.67. The minimum Gasteiger partial charge on any atom is -0.353 e. The number of benzene rings is 1. The Labute approximate surface area is 185 Å². The summed E-state index contributed by atoms with van der Waals surface area (Å²) in [6.07, 6.45) is 2.29. The molecule has 2 amide bonds. The molecule has 0 radical (unpaired) electrons. The van der Waals surface area contributed by atoms with E-state index in [0.717, 1.165) is 31.8 Å². The number of nitro groups is 1. The van der Waals surface area contributed by atoms with E-state index in [-0.39, 0.29) is 29.7 Å². The van der Waals surface area contributed by atoms with Gasteiger partial charge >= 0.3 is 0 Å². The van der Waals surface area contributed by atoms with E-state index in [0.29, 0.717) is 12.1 Å². The summed E-state index contributed by atoms with van der Waals surface area (Å²) in [5.74, 6) is -0.0809. The fourth-order valence-corrected chi connectivity index (χ4v) is 4.57. The van der Waals surface area contributed by atoms with Gasteiger partial charge in [-0.15, -0.1) is 11.3 Å². The lowest BCUT2D eigenvalue weighted by atomic mass is 9.97. The molecule has 0 bridgehead atoms. The molecule has 0 saturated carbocycles.